The summed E-state index contributed by atoms with van der Waals surface area (Å²) in [6.07, 6.45) is 10.1. The maximum Gasteiger partial charge on any atom is 0.251 e. The Hall–Kier alpha value is -7.66. The molecule has 22 heteroatoms. The fraction of sp³-hybridized carbons (Fsp3) is 0.554. The summed E-state index contributed by atoms with van der Waals surface area (Å²) in [5.41, 5.74) is 8.72. The Kier molecular flexibility index (Phi) is 20.0. The lowest BCUT2D eigenvalue weighted by atomic mass is 9.73. The molecule has 6 amide bonds. The van der Waals surface area contributed by atoms with Crippen molar-refractivity contribution in [2.24, 2.45) is 11.3 Å². The van der Waals surface area contributed by atoms with E-state index in [2.05, 4.69) is 53.1 Å². The summed E-state index contributed by atoms with van der Waals surface area (Å²) >= 11 is 1.57. The molecule has 0 radical (unpaired) electrons. The van der Waals surface area contributed by atoms with E-state index in [4.69, 9.17) is 9.97 Å². The number of halogens is 1. The number of thiazole rings is 1. The molecule has 5 aliphatic heterocycles. The smallest absolute Gasteiger partial charge is 0.251 e. The lowest BCUT2D eigenvalue weighted by Gasteiger charge is -2.48. The van der Waals surface area contributed by atoms with Crippen LogP contribution in [-0.2, 0) is 29.4 Å². The van der Waals surface area contributed by atoms with Crippen LogP contribution in [0.1, 0.15) is 177 Å². The number of rotatable bonds is 19. The van der Waals surface area contributed by atoms with Crippen LogP contribution < -0.4 is 26.2 Å². The van der Waals surface area contributed by atoms with Gasteiger partial charge < -0.3 is 50.5 Å². The summed E-state index contributed by atoms with van der Waals surface area (Å²) in [5, 5.41) is 23.2. The Morgan fingerprint density at radius 1 is 0.812 bits per heavy atom. The summed E-state index contributed by atoms with van der Waals surface area (Å²) < 4.78 is 18.0. The van der Waals surface area contributed by atoms with Crippen molar-refractivity contribution in [3.05, 3.63) is 106 Å². The van der Waals surface area contributed by atoms with Crippen LogP contribution in [0.4, 0.5) is 21.6 Å². The topological polar surface area (TPSA) is 231 Å². The molecule has 6 aliphatic rings. The number of aliphatic hydroxyl groups is 1. The molecular formula is C74H96FN13O7S. The standard InChI is InChI=1S/C74H96FN13O7S/c1-43(2)78-69(92)55-36-59(57(75)31-45(55)5)81-68-65-60(76-41-87(65)44(3)4)37-58(80-68)51-21-22-56-61(32-51)88(53-33-52(34-53)84-27-12-11-13-28-84)72(95)74(56)24-29-85(30-25-74)64(91)23-16-48-15-14-26-83(38-48)40-63(90)82-67(73(8,9)10)71(94)86-39-54(89)35-62(86)70(93)79-46(6)49-17-19-50(20-18-49)66-47(7)77-42-96-66/h17-22,31-32,36-37,41-44,46,48,52-54,62,67,89H,11-16,23-30,33-35,38-40H2,1-10H3,(H,78,92)(H,79,93)(H,80,81)(H,82,90)/t46-,48?,52-,53+,54+,62-,67?/m0/s1. The minimum absolute atomic E-state index is 0.000573. The molecule has 512 valence electrons. The van der Waals surface area contributed by atoms with E-state index in [9.17, 15) is 29.1 Å². The second kappa shape index (κ2) is 28.1. The summed E-state index contributed by atoms with van der Waals surface area (Å²) in [4.78, 5) is 111. The first kappa shape index (κ1) is 68.3. The fourth-order valence-electron chi connectivity index (χ4n) is 15.7. The SMILES string of the molecule is Cc1cc(F)c(Nc2nc(-c3ccc4c(c3)N([C@H]3C[C@@H](N5CCCCC5)C3)C(=O)C43CCN(C(=O)CCC4CCCN(CC(=O)NC(C(=O)N5C[C@H](O)C[C@H]5C(=O)N[C@@H](C)c5ccc(-c6scnc6C)cc5)C(C)(C)C)C4)CC3)cc3ncn(C(C)C)c23)cc1C(=O)NC(C)C. The first-order valence-electron chi connectivity index (χ1n) is 34.9. The van der Waals surface area contributed by atoms with Gasteiger partial charge in [-0.2, -0.15) is 0 Å². The molecule has 1 saturated carbocycles. The van der Waals surface area contributed by atoms with Gasteiger partial charge in [0.1, 0.15) is 23.4 Å². The van der Waals surface area contributed by atoms with Crippen LogP contribution >= 0.6 is 11.3 Å². The molecule has 8 heterocycles. The van der Waals surface area contributed by atoms with E-state index in [1.165, 1.54) is 36.3 Å². The van der Waals surface area contributed by atoms with Gasteiger partial charge in [0.15, 0.2) is 5.82 Å². The van der Waals surface area contributed by atoms with Gasteiger partial charge >= 0.3 is 0 Å². The molecule has 3 aromatic carbocycles. The minimum Gasteiger partial charge on any atom is -0.391 e. The molecule has 0 bridgehead atoms. The number of aliphatic hydroxyl groups excluding tert-OH is 1. The number of fused-ring (bicyclic) bond motifs is 3. The number of β-amino-alcohol motifs (C(OH)–C–C–N with tert-alkyl or cyclic N) is 1. The van der Waals surface area contributed by atoms with E-state index >= 15 is 9.18 Å². The maximum atomic E-state index is 16.0. The lowest BCUT2D eigenvalue weighted by molar-refractivity contribution is -0.144. The van der Waals surface area contributed by atoms with Crippen molar-refractivity contribution in [2.75, 3.05) is 62.6 Å². The van der Waals surface area contributed by atoms with Crippen LogP contribution in [-0.4, -0.2) is 168 Å². The monoisotopic (exact) mass is 1330 g/mol. The van der Waals surface area contributed by atoms with E-state index in [1.807, 2.05) is 114 Å². The zero-order valence-corrected chi connectivity index (χ0v) is 58.3. The maximum absolute atomic E-state index is 16.0. The number of imidazole rings is 1. The number of carbonyl (C=O) groups is 6. The number of nitrogens with zero attached hydrogens (tertiary/aromatic N) is 9. The van der Waals surface area contributed by atoms with Gasteiger partial charge in [-0.25, -0.2) is 19.3 Å². The minimum atomic E-state index is -0.964. The molecule has 5 fully saturated rings. The van der Waals surface area contributed by atoms with Crippen molar-refractivity contribution in [3.63, 3.8) is 0 Å². The van der Waals surface area contributed by atoms with E-state index in [0.29, 0.717) is 91.6 Å². The molecule has 1 aliphatic carbocycles. The molecule has 5 N–H and O–H groups in total. The third-order valence-electron chi connectivity index (χ3n) is 21.2. The number of aromatic nitrogens is 4. The lowest BCUT2D eigenvalue weighted by Crippen LogP contribution is -2.59. The average Bonchev–Trinajstić information content (AvgIpc) is 1.55. The van der Waals surface area contributed by atoms with Gasteiger partial charge in [0.2, 0.25) is 29.5 Å². The van der Waals surface area contributed by atoms with Gasteiger partial charge in [0, 0.05) is 80.0 Å². The van der Waals surface area contributed by atoms with Gasteiger partial charge in [-0.1, -0.05) is 63.6 Å². The molecule has 20 nitrogen and oxygen atoms in total. The van der Waals surface area contributed by atoms with Crippen molar-refractivity contribution in [1.82, 2.24) is 55.1 Å². The molecule has 6 aromatic rings. The van der Waals surface area contributed by atoms with Crippen LogP contribution in [0.15, 0.2) is 72.5 Å². The molecule has 96 heavy (non-hydrogen) atoms. The molecule has 12 rings (SSSR count). The van der Waals surface area contributed by atoms with Crippen LogP contribution in [0, 0.1) is 31.0 Å². The summed E-state index contributed by atoms with van der Waals surface area (Å²) in [5.74, 6) is -1.20. The fourth-order valence-corrected chi connectivity index (χ4v) is 16.5. The number of pyridine rings is 1. The Labute approximate surface area is 567 Å². The van der Waals surface area contributed by atoms with Crippen LogP contribution in [0.2, 0.25) is 0 Å². The molecular weight excluding hydrogens is 1230 g/mol. The highest BCUT2D eigenvalue weighted by atomic mass is 32.1. The summed E-state index contributed by atoms with van der Waals surface area (Å²) in [7, 11) is 0. The van der Waals surface area contributed by atoms with Crippen molar-refractivity contribution in [3.8, 4) is 21.7 Å². The third-order valence-corrected chi connectivity index (χ3v) is 22.1. The van der Waals surface area contributed by atoms with Gasteiger partial charge in [-0.15, -0.1) is 11.3 Å². The Morgan fingerprint density at radius 2 is 1.54 bits per heavy atom. The number of likely N-dealkylation sites (tertiary alicyclic amines) is 4. The number of piperidine rings is 3. The molecule has 4 saturated heterocycles. The Balaban J connectivity index is 0.694. The largest absolute Gasteiger partial charge is 0.391 e. The van der Waals surface area contributed by atoms with Crippen molar-refractivity contribution in [1.29, 1.82) is 0 Å². The number of carbonyl (C=O) groups excluding carboxylic acids is 6. The first-order chi connectivity index (χ1) is 45.8. The predicted molar refractivity (Wildman–Crippen MR) is 372 cm³/mol. The van der Waals surface area contributed by atoms with Crippen LogP contribution in [0.25, 0.3) is 32.7 Å². The first-order valence-corrected chi connectivity index (χ1v) is 35.8. The number of benzene rings is 3. The zero-order chi connectivity index (χ0) is 68.1. The van der Waals surface area contributed by atoms with E-state index in [1.54, 1.807) is 24.6 Å². The van der Waals surface area contributed by atoms with Crippen molar-refractivity contribution < 1.29 is 38.3 Å². The van der Waals surface area contributed by atoms with Crippen molar-refractivity contribution >= 4 is 75.0 Å². The quantitative estimate of drug-likeness (QED) is 0.0509. The van der Waals surface area contributed by atoms with E-state index in [0.717, 1.165) is 77.3 Å². The number of hydrogen-bond acceptors (Lipinski definition) is 14. The van der Waals surface area contributed by atoms with E-state index in [-0.39, 0.29) is 84.8 Å². The molecule has 1 spiro atoms. The Bertz CT molecular complexity index is 3900. The second-order valence-electron chi connectivity index (χ2n) is 29.8. The normalized spacial score (nSPS) is 22.2. The number of anilines is 3. The van der Waals surface area contributed by atoms with E-state index < -0.39 is 40.7 Å². The predicted octanol–water partition coefficient (Wildman–Crippen LogP) is 10.5. The van der Waals surface area contributed by atoms with Crippen molar-refractivity contribution in [2.45, 2.75) is 200 Å². The van der Waals surface area contributed by atoms with Gasteiger partial charge in [-0.3, -0.25) is 33.7 Å². The highest BCUT2D eigenvalue weighted by Gasteiger charge is 2.56. The zero-order valence-electron chi connectivity index (χ0n) is 57.5. The van der Waals surface area contributed by atoms with Crippen LogP contribution in [0.5, 0.6) is 0 Å². The van der Waals surface area contributed by atoms with Gasteiger partial charge in [0.25, 0.3) is 5.91 Å². The average molecular weight is 1330 g/mol. The summed E-state index contributed by atoms with van der Waals surface area (Å²) in [6, 6.07) is 17.1. The number of nitrogens with one attached hydrogen (secondary N) is 4. The van der Waals surface area contributed by atoms with Crippen LogP contribution in [0.3, 0.4) is 0 Å². The third kappa shape index (κ3) is 14.1. The second-order valence-corrected chi connectivity index (χ2v) is 30.6. The number of hydrogen-bond donors (Lipinski definition) is 5. The summed E-state index contributed by atoms with van der Waals surface area (Å²) in [6.45, 7) is 23.5. The number of aryl methyl sites for hydroxylation is 2. The highest BCUT2D eigenvalue weighted by molar-refractivity contribution is 7.13. The molecule has 5 atom stereocenters. The number of amides is 6. The van der Waals surface area contributed by atoms with Gasteiger partial charge in [0.05, 0.1) is 63.4 Å². The van der Waals surface area contributed by atoms with Gasteiger partial charge in [-0.05, 0) is 184 Å². The molecule has 2 unspecified atom stereocenters. The highest BCUT2D eigenvalue weighted by Crippen LogP contribution is 2.52. The molecule has 3 aromatic heterocycles. The Morgan fingerprint density at radius 3 is 2.23 bits per heavy atom.